The first kappa shape index (κ1) is 29.3. The lowest BCUT2D eigenvalue weighted by molar-refractivity contribution is -0.122. The minimum atomic E-state index is -0.294. The molecule has 7 nitrogen and oxygen atoms in total. The molecule has 3 aliphatic rings. The molecule has 2 N–H and O–H groups in total. The van der Waals surface area contributed by atoms with Gasteiger partial charge in [0.05, 0.1) is 28.7 Å². The summed E-state index contributed by atoms with van der Waals surface area (Å²) in [6.45, 7) is 8.24. The third kappa shape index (κ3) is 6.50. The van der Waals surface area contributed by atoms with E-state index in [4.69, 9.17) is 31.2 Å². The molecule has 0 aliphatic carbocycles. The maximum atomic E-state index is 13.7. The number of aromatic nitrogens is 1. The van der Waals surface area contributed by atoms with Crippen LogP contribution >= 0.6 is 11.6 Å². The Morgan fingerprint density at radius 2 is 1.98 bits per heavy atom. The second-order valence-corrected chi connectivity index (χ2v) is 11.5. The normalized spacial score (nSPS) is 19.8. The number of nitrogens with zero attached hydrogens (tertiary/aromatic N) is 3. The number of piperidine rings is 1. The van der Waals surface area contributed by atoms with Gasteiger partial charge in [-0.15, -0.1) is 0 Å². The molecule has 0 bridgehead atoms. The lowest BCUT2D eigenvalue weighted by atomic mass is 9.69. The Morgan fingerprint density at radius 3 is 2.68 bits per heavy atom. The predicted octanol–water partition coefficient (Wildman–Crippen LogP) is 5.75. The quantitative estimate of drug-likeness (QED) is 0.360. The second kappa shape index (κ2) is 13.2. The number of hydrogen-bond donors (Lipinski definition) is 2. The lowest BCUT2D eigenvalue weighted by Gasteiger charge is -2.49. The van der Waals surface area contributed by atoms with Crippen molar-refractivity contribution in [3.8, 4) is 17.0 Å². The summed E-state index contributed by atoms with van der Waals surface area (Å²) in [4.78, 5) is 18.6. The molecular formula is C32H38ClFN4O3. The van der Waals surface area contributed by atoms with Gasteiger partial charge in [-0.3, -0.25) is 14.7 Å². The molecule has 9 heteroatoms. The van der Waals surface area contributed by atoms with Gasteiger partial charge in [-0.25, -0.2) is 4.39 Å². The molecule has 3 aromatic rings. The summed E-state index contributed by atoms with van der Waals surface area (Å²) in [7, 11) is 0. The third-order valence-electron chi connectivity index (χ3n) is 8.52. The van der Waals surface area contributed by atoms with Crippen molar-refractivity contribution in [2.45, 2.75) is 50.6 Å². The van der Waals surface area contributed by atoms with Crippen molar-refractivity contribution in [2.75, 3.05) is 44.2 Å². The summed E-state index contributed by atoms with van der Waals surface area (Å²) in [5.74, 6) is 0.585. The van der Waals surface area contributed by atoms with Gasteiger partial charge in [-0.1, -0.05) is 29.8 Å². The fraction of sp³-hybridized carbons (Fsp3) is 0.438. The van der Waals surface area contributed by atoms with Gasteiger partial charge in [0.1, 0.15) is 11.6 Å². The number of hydrogen-bond acceptors (Lipinski definition) is 6. The molecule has 1 spiro atoms. The first-order chi connectivity index (χ1) is 20.0. The molecular weight excluding hydrogens is 543 g/mol. The van der Waals surface area contributed by atoms with Crippen LogP contribution in [0.5, 0.6) is 5.75 Å². The molecule has 1 atom stereocenters. The maximum absolute atomic E-state index is 13.7. The summed E-state index contributed by atoms with van der Waals surface area (Å²) in [6.07, 6.45) is 4.52. The third-order valence-corrected chi connectivity index (χ3v) is 8.82. The van der Waals surface area contributed by atoms with Crippen molar-refractivity contribution in [3.05, 3.63) is 76.7 Å². The fourth-order valence-corrected chi connectivity index (χ4v) is 6.98. The van der Waals surface area contributed by atoms with Crippen molar-refractivity contribution in [2.24, 2.45) is 0 Å². The van der Waals surface area contributed by atoms with Crippen LogP contribution in [0.2, 0.25) is 5.02 Å². The Balaban J connectivity index is 0.00000108. The standard InChI is InChI=1S/C31H36ClFN4O.CH2O2/c1-2-38-30-8-4-3-7-24(30)27-11-10-25-28(35-27)20-36(19-23-6-5-15-34-23)21-31(25)13-16-37(17-14-31)29-12-9-22(33)18-26(29)32;2-1-3/h3-4,7-12,18,23,34H,2,5-6,13-17,19-21H2,1H3;1H,(H,2,3)/t23-;/m1./s1. The van der Waals surface area contributed by atoms with E-state index >= 15 is 0 Å². The smallest absolute Gasteiger partial charge is 0.290 e. The number of nitrogens with one attached hydrogen (secondary N) is 1. The molecule has 0 unspecified atom stereocenters. The molecule has 2 aromatic carbocycles. The van der Waals surface area contributed by atoms with Crippen LogP contribution in [0.1, 0.15) is 43.9 Å². The van der Waals surface area contributed by atoms with Crippen LogP contribution in [0, 0.1) is 5.82 Å². The molecule has 2 fully saturated rings. The van der Waals surface area contributed by atoms with E-state index in [1.54, 1.807) is 0 Å². The number of benzene rings is 2. The van der Waals surface area contributed by atoms with Crippen molar-refractivity contribution in [3.63, 3.8) is 0 Å². The second-order valence-electron chi connectivity index (χ2n) is 11.1. The van der Waals surface area contributed by atoms with Crippen LogP contribution in [0.25, 0.3) is 11.3 Å². The van der Waals surface area contributed by atoms with E-state index in [-0.39, 0.29) is 17.7 Å². The number of carboxylic acid groups (broad SMARTS) is 1. The molecule has 2 saturated heterocycles. The topological polar surface area (TPSA) is 77.9 Å². The number of halogens is 2. The highest BCUT2D eigenvalue weighted by Gasteiger charge is 2.43. The van der Waals surface area contributed by atoms with E-state index in [0.717, 1.165) is 74.8 Å². The van der Waals surface area contributed by atoms with Crippen LogP contribution in [-0.2, 0) is 16.8 Å². The first-order valence-electron chi connectivity index (χ1n) is 14.4. The van der Waals surface area contributed by atoms with E-state index < -0.39 is 0 Å². The molecule has 6 rings (SSSR count). The summed E-state index contributed by atoms with van der Waals surface area (Å²) >= 11 is 6.43. The van der Waals surface area contributed by atoms with Gasteiger partial charge < -0.3 is 20.1 Å². The fourth-order valence-electron chi connectivity index (χ4n) is 6.69. The number of anilines is 1. The monoisotopic (exact) mass is 580 g/mol. The highest BCUT2D eigenvalue weighted by Crippen LogP contribution is 2.44. The zero-order valence-electron chi connectivity index (χ0n) is 23.5. The van der Waals surface area contributed by atoms with Gasteiger partial charge in [0.25, 0.3) is 6.47 Å². The number of para-hydroxylation sites is 1. The lowest BCUT2D eigenvalue weighted by Crippen LogP contribution is -2.54. The van der Waals surface area contributed by atoms with Crippen LogP contribution in [0.15, 0.2) is 54.6 Å². The summed E-state index contributed by atoms with van der Waals surface area (Å²) < 4.78 is 19.6. The molecule has 1 aromatic heterocycles. The predicted molar refractivity (Wildman–Crippen MR) is 160 cm³/mol. The largest absolute Gasteiger partial charge is 0.493 e. The minimum Gasteiger partial charge on any atom is -0.493 e. The van der Waals surface area contributed by atoms with Crippen molar-refractivity contribution >= 4 is 23.8 Å². The first-order valence-corrected chi connectivity index (χ1v) is 14.8. The zero-order chi connectivity index (χ0) is 28.8. The van der Waals surface area contributed by atoms with Gasteiger partial charge in [-0.2, -0.15) is 0 Å². The Kier molecular flexibility index (Phi) is 9.42. The molecule has 218 valence electrons. The SMILES string of the molecule is CCOc1ccccc1-c1ccc2c(n1)CN(C[C@H]1CCCN1)CC21CCN(c2ccc(F)cc2Cl)CC1.O=CO. The van der Waals surface area contributed by atoms with E-state index in [2.05, 4.69) is 39.4 Å². The average molecular weight is 581 g/mol. The molecule has 0 saturated carbocycles. The summed E-state index contributed by atoms with van der Waals surface area (Å²) in [5, 5.41) is 11.1. The highest BCUT2D eigenvalue weighted by atomic mass is 35.5. The van der Waals surface area contributed by atoms with Gasteiger partial charge in [-0.05, 0) is 81.1 Å². The van der Waals surface area contributed by atoms with Crippen molar-refractivity contribution < 1.29 is 19.0 Å². The maximum Gasteiger partial charge on any atom is 0.290 e. The van der Waals surface area contributed by atoms with E-state index in [0.29, 0.717) is 17.7 Å². The summed E-state index contributed by atoms with van der Waals surface area (Å²) in [5.41, 5.74) is 5.55. The Bertz CT molecular complexity index is 1340. The molecule has 0 amide bonds. The van der Waals surface area contributed by atoms with Gasteiger partial charge in [0.2, 0.25) is 0 Å². The van der Waals surface area contributed by atoms with E-state index in [1.165, 1.54) is 36.2 Å². The molecule has 4 heterocycles. The number of fused-ring (bicyclic) bond motifs is 2. The number of pyridine rings is 1. The summed E-state index contributed by atoms with van der Waals surface area (Å²) in [6, 6.07) is 18.0. The zero-order valence-corrected chi connectivity index (χ0v) is 24.2. The van der Waals surface area contributed by atoms with Crippen LogP contribution in [0.3, 0.4) is 0 Å². The molecule has 3 aliphatic heterocycles. The van der Waals surface area contributed by atoms with Gasteiger partial charge in [0.15, 0.2) is 0 Å². The molecule has 41 heavy (non-hydrogen) atoms. The van der Waals surface area contributed by atoms with Crippen molar-refractivity contribution in [1.82, 2.24) is 15.2 Å². The van der Waals surface area contributed by atoms with Crippen LogP contribution < -0.4 is 15.0 Å². The van der Waals surface area contributed by atoms with E-state index in [1.807, 2.05) is 25.1 Å². The minimum absolute atomic E-state index is 0.0418. The highest BCUT2D eigenvalue weighted by molar-refractivity contribution is 6.33. The van der Waals surface area contributed by atoms with Crippen LogP contribution in [0.4, 0.5) is 10.1 Å². The van der Waals surface area contributed by atoms with Gasteiger partial charge >= 0.3 is 0 Å². The number of carbonyl (C=O) groups is 1. The van der Waals surface area contributed by atoms with E-state index in [9.17, 15) is 4.39 Å². The number of rotatable bonds is 6. The Morgan fingerprint density at radius 1 is 1.20 bits per heavy atom. The van der Waals surface area contributed by atoms with Crippen molar-refractivity contribution in [1.29, 1.82) is 0 Å². The Hall–Kier alpha value is -3.20. The molecule has 0 radical (unpaired) electrons. The average Bonchev–Trinajstić information content (AvgIpc) is 3.48. The Labute approximate surface area is 246 Å². The van der Waals surface area contributed by atoms with Gasteiger partial charge in [0, 0.05) is 49.7 Å². The van der Waals surface area contributed by atoms with Crippen LogP contribution in [-0.4, -0.2) is 66.8 Å². The number of ether oxygens (including phenoxy) is 1.